The molecule has 2 aromatic rings. The van der Waals surface area contributed by atoms with Crippen molar-refractivity contribution in [3.8, 4) is 0 Å². The van der Waals surface area contributed by atoms with Gasteiger partial charge in [0.1, 0.15) is 11.6 Å². The Kier molecular flexibility index (Phi) is 5.03. The van der Waals surface area contributed by atoms with Crippen LogP contribution in [0.2, 0.25) is 0 Å². The highest BCUT2D eigenvalue weighted by Gasteiger charge is 2.17. The average Bonchev–Trinajstić information content (AvgIpc) is 2.68. The highest BCUT2D eigenvalue weighted by atomic mass is 127. The minimum atomic E-state index is -0.226. The van der Waals surface area contributed by atoms with Gasteiger partial charge in [0.15, 0.2) is 0 Å². The van der Waals surface area contributed by atoms with E-state index in [1.165, 1.54) is 6.07 Å². The molecular formula is C13H15ClFIN2O. The summed E-state index contributed by atoms with van der Waals surface area (Å²) >= 11 is 7.79. The lowest BCUT2D eigenvalue weighted by molar-refractivity contribution is 0.162. The van der Waals surface area contributed by atoms with Crippen LogP contribution in [0.4, 0.5) is 4.39 Å². The number of alkyl halides is 1. The van der Waals surface area contributed by atoms with Gasteiger partial charge >= 0.3 is 0 Å². The molecule has 0 fully saturated rings. The lowest BCUT2D eigenvalue weighted by Gasteiger charge is -2.16. The van der Waals surface area contributed by atoms with Crippen LogP contribution in [0, 0.1) is 9.39 Å². The van der Waals surface area contributed by atoms with Crippen molar-refractivity contribution in [3.63, 3.8) is 0 Å². The maximum Gasteiger partial charge on any atom is 0.138 e. The van der Waals surface area contributed by atoms with E-state index >= 15 is 0 Å². The van der Waals surface area contributed by atoms with Gasteiger partial charge in [0.05, 0.1) is 27.3 Å². The topological polar surface area (TPSA) is 27.1 Å². The third-order valence-corrected chi connectivity index (χ3v) is 3.99. The molecule has 0 aliphatic rings. The summed E-state index contributed by atoms with van der Waals surface area (Å²) in [6.07, 6.45) is 0.655. The molecule has 104 valence electrons. The van der Waals surface area contributed by atoms with Crippen molar-refractivity contribution in [2.45, 2.75) is 19.4 Å². The molecule has 1 atom stereocenters. The minimum absolute atomic E-state index is 0.0904. The lowest BCUT2D eigenvalue weighted by Crippen LogP contribution is -2.14. The van der Waals surface area contributed by atoms with Crippen molar-refractivity contribution >= 4 is 45.2 Å². The van der Waals surface area contributed by atoms with Crippen LogP contribution in [-0.4, -0.2) is 29.1 Å². The number of hydrogen-bond acceptors (Lipinski definition) is 2. The fourth-order valence-electron chi connectivity index (χ4n) is 2.21. The number of rotatable bonds is 5. The predicted molar refractivity (Wildman–Crippen MR) is 83.4 cm³/mol. The first-order valence-corrected chi connectivity index (χ1v) is 7.60. The number of fused-ring (bicyclic) bond motifs is 1. The quantitative estimate of drug-likeness (QED) is 0.568. The Bertz CT molecular complexity index is 588. The third-order valence-electron chi connectivity index (χ3n) is 2.97. The van der Waals surface area contributed by atoms with Crippen LogP contribution < -0.4 is 0 Å². The Morgan fingerprint density at radius 2 is 2.26 bits per heavy atom. The van der Waals surface area contributed by atoms with E-state index in [-0.39, 0.29) is 11.9 Å². The van der Waals surface area contributed by atoms with E-state index in [1.54, 1.807) is 13.2 Å². The fraction of sp³-hybridized carbons (Fsp3) is 0.462. The zero-order valence-electron chi connectivity index (χ0n) is 10.8. The van der Waals surface area contributed by atoms with Gasteiger partial charge in [0.2, 0.25) is 0 Å². The van der Waals surface area contributed by atoms with Gasteiger partial charge in [-0.2, -0.15) is 0 Å². The minimum Gasteiger partial charge on any atom is -0.383 e. The van der Waals surface area contributed by atoms with E-state index in [0.29, 0.717) is 22.5 Å². The fourth-order valence-corrected chi connectivity index (χ4v) is 2.83. The molecule has 0 radical (unpaired) electrons. The maximum absolute atomic E-state index is 13.8. The van der Waals surface area contributed by atoms with Crippen molar-refractivity contribution < 1.29 is 9.13 Å². The summed E-state index contributed by atoms with van der Waals surface area (Å²) in [5.74, 6) is 1.13. The lowest BCUT2D eigenvalue weighted by atomic mass is 10.2. The van der Waals surface area contributed by atoms with Gasteiger partial charge in [-0.05, 0) is 35.6 Å². The second-order valence-corrected chi connectivity index (χ2v) is 5.94. The largest absolute Gasteiger partial charge is 0.383 e. The van der Waals surface area contributed by atoms with Crippen LogP contribution >= 0.6 is 34.2 Å². The van der Waals surface area contributed by atoms with Gasteiger partial charge in [-0.25, -0.2) is 9.37 Å². The Morgan fingerprint density at radius 1 is 1.53 bits per heavy atom. The highest BCUT2D eigenvalue weighted by molar-refractivity contribution is 14.1. The summed E-state index contributed by atoms with van der Waals surface area (Å²) in [6.45, 7) is 2.58. The Hall–Kier alpha value is -0.400. The second-order valence-electron chi connectivity index (χ2n) is 4.40. The van der Waals surface area contributed by atoms with E-state index in [1.807, 2.05) is 34.1 Å². The van der Waals surface area contributed by atoms with Crippen LogP contribution in [0.15, 0.2) is 12.1 Å². The normalized spacial score (nSPS) is 13.1. The molecule has 0 aliphatic heterocycles. The molecule has 1 unspecified atom stereocenters. The number of methoxy groups -OCH3 is 1. The van der Waals surface area contributed by atoms with Gasteiger partial charge < -0.3 is 9.30 Å². The van der Waals surface area contributed by atoms with E-state index in [4.69, 9.17) is 16.3 Å². The van der Waals surface area contributed by atoms with Gasteiger partial charge in [0, 0.05) is 25.5 Å². The van der Waals surface area contributed by atoms with Crippen LogP contribution in [0.1, 0.15) is 18.8 Å². The summed E-state index contributed by atoms with van der Waals surface area (Å²) < 4.78 is 21.5. The molecule has 0 saturated heterocycles. The van der Waals surface area contributed by atoms with Crippen molar-refractivity contribution in [2.24, 2.45) is 0 Å². The first-order chi connectivity index (χ1) is 9.08. The Balaban J connectivity index is 2.61. The zero-order chi connectivity index (χ0) is 14.0. The molecule has 0 aliphatic carbocycles. The summed E-state index contributed by atoms with van der Waals surface area (Å²) in [5, 5.41) is 0. The molecule has 0 N–H and O–H groups in total. The molecule has 6 heteroatoms. The SMILES string of the molecule is COCC(C)n1c(CCCl)nc2cc(I)c(F)cc21. The van der Waals surface area contributed by atoms with Crippen molar-refractivity contribution in [3.05, 3.63) is 27.3 Å². The Labute approximate surface area is 130 Å². The number of hydrogen-bond donors (Lipinski definition) is 0. The highest BCUT2D eigenvalue weighted by Crippen LogP contribution is 2.25. The standard InChI is InChI=1S/C13H15ClFIN2O/c1-8(7-19-2)18-12-5-9(15)10(16)6-11(12)17-13(18)3-4-14/h5-6,8H,3-4,7H2,1-2H3. The van der Waals surface area contributed by atoms with Gasteiger partial charge in [-0.3, -0.25) is 0 Å². The zero-order valence-corrected chi connectivity index (χ0v) is 13.7. The van der Waals surface area contributed by atoms with Gasteiger partial charge in [-0.1, -0.05) is 0 Å². The van der Waals surface area contributed by atoms with Crippen LogP contribution in [0.25, 0.3) is 11.0 Å². The monoisotopic (exact) mass is 396 g/mol. The third kappa shape index (κ3) is 3.03. The molecule has 1 aromatic carbocycles. The number of benzene rings is 1. The first kappa shape index (κ1) is 15.0. The first-order valence-electron chi connectivity index (χ1n) is 5.99. The number of ether oxygens (including phenoxy) is 1. The van der Waals surface area contributed by atoms with Crippen LogP contribution in [0.3, 0.4) is 0 Å². The van der Waals surface area contributed by atoms with E-state index in [2.05, 4.69) is 4.98 Å². The molecular weight excluding hydrogens is 382 g/mol. The number of aromatic nitrogens is 2. The van der Waals surface area contributed by atoms with E-state index in [9.17, 15) is 4.39 Å². The smallest absolute Gasteiger partial charge is 0.138 e. The van der Waals surface area contributed by atoms with Crippen LogP contribution in [-0.2, 0) is 11.2 Å². The summed E-state index contributed by atoms with van der Waals surface area (Å²) in [5.41, 5.74) is 1.59. The molecule has 0 saturated carbocycles. The molecule has 3 nitrogen and oxygen atoms in total. The van der Waals surface area contributed by atoms with E-state index < -0.39 is 0 Å². The number of imidazole rings is 1. The molecule has 1 heterocycles. The summed E-state index contributed by atoms with van der Waals surface area (Å²) in [6, 6.07) is 3.39. The van der Waals surface area contributed by atoms with Gasteiger partial charge in [-0.15, -0.1) is 11.6 Å². The van der Waals surface area contributed by atoms with Crippen molar-refractivity contribution in [2.75, 3.05) is 19.6 Å². The molecule has 2 rings (SSSR count). The predicted octanol–water partition coefficient (Wildman–Crippen LogP) is 3.77. The van der Waals surface area contributed by atoms with Crippen molar-refractivity contribution in [1.29, 1.82) is 0 Å². The molecule has 1 aromatic heterocycles. The molecule has 0 amide bonds. The van der Waals surface area contributed by atoms with E-state index in [0.717, 1.165) is 16.9 Å². The second kappa shape index (κ2) is 6.37. The number of nitrogens with zero attached hydrogens (tertiary/aromatic N) is 2. The van der Waals surface area contributed by atoms with Crippen LogP contribution in [0.5, 0.6) is 0 Å². The van der Waals surface area contributed by atoms with Crippen molar-refractivity contribution in [1.82, 2.24) is 9.55 Å². The summed E-state index contributed by atoms with van der Waals surface area (Å²) in [7, 11) is 1.65. The number of halogens is 3. The molecule has 0 spiro atoms. The molecule has 19 heavy (non-hydrogen) atoms. The van der Waals surface area contributed by atoms with Gasteiger partial charge in [0.25, 0.3) is 0 Å². The number of aryl methyl sites for hydroxylation is 1. The molecule has 0 bridgehead atoms. The summed E-state index contributed by atoms with van der Waals surface area (Å²) in [4.78, 5) is 4.56. The average molecular weight is 397 g/mol. The maximum atomic E-state index is 13.8. The Morgan fingerprint density at radius 3 is 2.89 bits per heavy atom.